The van der Waals surface area contributed by atoms with Crippen LogP contribution in [-0.4, -0.2) is 6.61 Å². The quantitative estimate of drug-likeness (QED) is 0.722. The molecule has 0 heterocycles. The van der Waals surface area contributed by atoms with Crippen molar-refractivity contribution in [1.29, 1.82) is 0 Å². The van der Waals surface area contributed by atoms with Crippen molar-refractivity contribution in [2.45, 2.75) is 20.4 Å². The Hall–Kier alpha value is -1.74. The van der Waals surface area contributed by atoms with Crippen LogP contribution in [0.5, 0.6) is 5.75 Å². The van der Waals surface area contributed by atoms with E-state index in [9.17, 15) is 0 Å². The second-order valence-corrected chi connectivity index (χ2v) is 5.78. The van der Waals surface area contributed by atoms with E-state index in [1.165, 1.54) is 15.6 Å². The van der Waals surface area contributed by atoms with E-state index in [0.717, 1.165) is 23.5 Å². The van der Waals surface area contributed by atoms with Crippen molar-refractivity contribution < 1.29 is 4.74 Å². The van der Waals surface area contributed by atoms with Gasteiger partial charge in [-0.2, -0.15) is 0 Å². The maximum absolute atomic E-state index is 5.68. The number of nitrogens with one attached hydrogen (secondary N) is 1. The summed E-state index contributed by atoms with van der Waals surface area (Å²) in [5.74, 6) is 0.899. The van der Waals surface area contributed by atoms with Gasteiger partial charge in [0, 0.05) is 22.3 Å². The van der Waals surface area contributed by atoms with Gasteiger partial charge < -0.3 is 10.1 Å². The van der Waals surface area contributed by atoms with Crippen molar-refractivity contribution in [3.8, 4) is 5.75 Å². The number of rotatable bonds is 6. The van der Waals surface area contributed by atoms with E-state index in [1.807, 2.05) is 18.2 Å². The molecule has 110 valence electrons. The van der Waals surface area contributed by atoms with Crippen molar-refractivity contribution in [2.24, 2.45) is 0 Å². The van der Waals surface area contributed by atoms with Gasteiger partial charge in [-0.05, 0) is 43.2 Å². The minimum Gasteiger partial charge on any atom is -0.489 e. The molecule has 0 aliphatic heterocycles. The molecule has 0 spiro atoms. The Kier molecular flexibility index (Phi) is 5.45. The van der Waals surface area contributed by atoms with Crippen LogP contribution in [-0.2, 0) is 6.54 Å². The number of para-hydroxylation sites is 1. The van der Waals surface area contributed by atoms with Gasteiger partial charge in [0.2, 0.25) is 0 Å². The molecule has 1 N–H and O–H groups in total. The summed E-state index contributed by atoms with van der Waals surface area (Å²) in [6, 6.07) is 12.4. The molecule has 0 unspecified atom stereocenters. The third-order valence-electron chi connectivity index (χ3n) is 3.25. The van der Waals surface area contributed by atoms with E-state index in [4.69, 9.17) is 4.74 Å². The molecule has 2 nitrogen and oxygen atoms in total. The standard InChI is InChI=1S/C18H20BrNO/c1-4-9-21-17-8-6-5-7-15(17)12-20-16-10-13(2)18(19)14(3)11-16/h4-8,10-11,20H,1,9,12H2,2-3H3. The van der Waals surface area contributed by atoms with E-state index >= 15 is 0 Å². The lowest BCUT2D eigenvalue weighted by Crippen LogP contribution is -2.04. The Morgan fingerprint density at radius 1 is 1.19 bits per heavy atom. The summed E-state index contributed by atoms with van der Waals surface area (Å²) in [4.78, 5) is 0. The summed E-state index contributed by atoms with van der Waals surface area (Å²) in [6.45, 7) is 9.13. The summed E-state index contributed by atoms with van der Waals surface area (Å²) in [7, 11) is 0. The minimum absolute atomic E-state index is 0.521. The highest BCUT2D eigenvalue weighted by atomic mass is 79.9. The lowest BCUT2D eigenvalue weighted by atomic mass is 10.1. The van der Waals surface area contributed by atoms with Crippen LogP contribution >= 0.6 is 15.9 Å². The van der Waals surface area contributed by atoms with Gasteiger partial charge in [-0.1, -0.05) is 46.8 Å². The number of aryl methyl sites for hydroxylation is 2. The van der Waals surface area contributed by atoms with Gasteiger partial charge in [-0.15, -0.1) is 0 Å². The van der Waals surface area contributed by atoms with Crippen molar-refractivity contribution in [3.63, 3.8) is 0 Å². The Morgan fingerprint density at radius 3 is 2.52 bits per heavy atom. The third-order valence-corrected chi connectivity index (χ3v) is 4.50. The Labute approximate surface area is 135 Å². The number of benzene rings is 2. The molecule has 0 atom stereocenters. The van der Waals surface area contributed by atoms with E-state index in [2.05, 4.69) is 59.9 Å². The fourth-order valence-electron chi connectivity index (χ4n) is 2.18. The molecule has 3 heteroatoms. The van der Waals surface area contributed by atoms with E-state index in [0.29, 0.717) is 6.61 Å². The van der Waals surface area contributed by atoms with Crippen LogP contribution in [0.2, 0.25) is 0 Å². The van der Waals surface area contributed by atoms with Crippen LogP contribution in [0.4, 0.5) is 5.69 Å². The zero-order chi connectivity index (χ0) is 15.2. The van der Waals surface area contributed by atoms with Gasteiger partial charge >= 0.3 is 0 Å². The third kappa shape index (κ3) is 4.11. The second-order valence-electron chi connectivity index (χ2n) is 4.98. The molecule has 0 aliphatic rings. The van der Waals surface area contributed by atoms with Crippen molar-refractivity contribution in [3.05, 3.63) is 70.2 Å². The summed E-state index contributed by atoms with van der Waals surface area (Å²) >= 11 is 3.59. The minimum atomic E-state index is 0.521. The molecule has 0 fully saturated rings. The SMILES string of the molecule is C=CCOc1ccccc1CNc1cc(C)c(Br)c(C)c1. The molecule has 21 heavy (non-hydrogen) atoms. The lowest BCUT2D eigenvalue weighted by molar-refractivity contribution is 0.359. The molecule has 2 aromatic carbocycles. The summed E-state index contributed by atoms with van der Waals surface area (Å²) in [5.41, 5.74) is 4.71. The fourth-order valence-corrected chi connectivity index (χ4v) is 2.41. The van der Waals surface area contributed by atoms with Crippen molar-refractivity contribution in [2.75, 3.05) is 11.9 Å². The Bertz CT molecular complexity index is 614. The zero-order valence-electron chi connectivity index (χ0n) is 12.4. The highest BCUT2D eigenvalue weighted by molar-refractivity contribution is 9.10. The number of ether oxygens (including phenoxy) is 1. The first-order chi connectivity index (χ1) is 10.1. The highest BCUT2D eigenvalue weighted by Crippen LogP contribution is 2.26. The van der Waals surface area contributed by atoms with Gasteiger partial charge in [-0.25, -0.2) is 0 Å². The average Bonchev–Trinajstić information content (AvgIpc) is 2.49. The predicted octanol–water partition coefficient (Wildman–Crippen LogP) is 5.24. The second kappa shape index (κ2) is 7.32. The molecule has 0 saturated carbocycles. The molecular weight excluding hydrogens is 326 g/mol. The molecule has 2 rings (SSSR count). The highest BCUT2D eigenvalue weighted by Gasteiger charge is 2.05. The Balaban J connectivity index is 2.11. The fraction of sp³-hybridized carbons (Fsp3) is 0.222. The molecular formula is C18H20BrNO. The van der Waals surface area contributed by atoms with Crippen LogP contribution in [0.15, 0.2) is 53.5 Å². The van der Waals surface area contributed by atoms with E-state index in [-0.39, 0.29) is 0 Å². The van der Waals surface area contributed by atoms with E-state index in [1.54, 1.807) is 6.08 Å². The number of anilines is 1. The first-order valence-electron chi connectivity index (χ1n) is 6.94. The van der Waals surface area contributed by atoms with Crippen LogP contribution in [0, 0.1) is 13.8 Å². The number of hydrogen-bond donors (Lipinski definition) is 1. The van der Waals surface area contributed by atoms with Crippen LogP contribution in [0.1, 0.15) is 16.7 Å². The van der Waals surface area contributed by atoms with E-state index < -0.39 is 0 Å². The molecule has 0 aliphatic carbocycles. The molecule has 0 aromatic heterocycles. The van der Waals surface area contributed by atoms with Gasteiger partial charge in [0.25, 0.3) is 0 Å². The smallest absolute Gasteiger partial charge is 0.124 e. The summed E-state index contributed by atoms with van der Waals surface area (Å²) < 4.78 is 6.84. The maximum Gasteiger partial charge on any atom is 0.124 e. The Morgan fingerprint density at radius 2 is 1.86 bits per heavy atom. The van der Waals surface area contributed by atoms with Crippen LogP contribution in [0.3, 0.4) is 0 Å². The maximum atomic E-state index is 5.68. The predicted molar refractivity (Wildman–Crippen MR) is 93.1 cm³/mol. The van der Waals surface area contributed by atoms with Crippen molar-refractivity contribution >= 4 is 21.6 Å². The lowest BCUT2D eigenvalue weighted by Gasteiger charge is -2.13. The van der Waals surface area contributed by atoms with Crippen molar-refractivity contribution in [1.82, 2.24) is 0 Å². The molecule has 0 radical (unpaired) electrons. The van der Waals surface area contributed by atoms with Crippen LogP contribution < -0.4 is 10.1 Å². The van der Waals surface area contributed by atoms with Gasteiger partial charge in [-0.3, -0.25) is 0 Å². The summed E-state index contributed by atoms with van der Waals surface area (Å²) in [6.07, 6.45) is 1.76. The average molecular weight is 346 g/mol. The van der Waals surface area contributed by atoms with Gasteiger partial charge in [0.05, 0.1) is 0 Å². The zero-order valence-corrected chi connectivity index (χ0v) is 14.0. The molecule has 2 aromatic rings. The summed E-state index contributed by atoms with van der Waals surface area (Å²) in [5, 5.41) is 3.46. The topological polar surface area (TPSA) is 21.3 Å². The molecule has 0 bridgehead atoms. The number of halogens is 1. The first-order valence-corrected chi connectivity index (χ1v) is 7.73. The van der Waals surface area contributed by atoms with Gasteiger partial charge in [0.1, 0.15) is 12.4 Å². The monoisotopic (exact) mass is 345 g/mol. The largest absolute Gasteiger partial charge is 0.489 e. The molecule has 0 saturated heterocycles. The van der Waals surface area contributed by atoms with Gasteiger partial charge in [0.15, 0.2) is 0 Å². The van der Waals surface area contributed by atoms with Crippen LogP contribution in [0.25, 0.3) is 0 Å². The normalized spacial score (nSPS) is 10.2. The number of hydrogen-bond acceptors (Lipinski definition) is 2. The molecule has 0 amide bonds. The first kappa shape index (κ1) is 15.6.